The molecule has 7 aromatic rings. The largest absolute Gasteiger partial charge is 0.322 e. The summed E-state index contributed by atoms with van der Waals surface area (Å²) in [4.78, 5) is 20.2. The summed E-state index contributed by atoms with van der Waals surface area (Å²) >= 11 is 12.7. The van der Waals surface area contributed by atoms with E-state index in [0.29, 0.717) is 12.6 Å². The van der Waals surface area contributed by atoms with E-state index in [1.807, 2.05) is 83.8 Å². The number of anilines is 1. The van der Waals surface area contributed by atoms with Gasteiger partial charge >= 0.3 is 6.03 Å². The van der Waals surface area contributed by atoms with E-state index in [1.54, 1.807) is 0 Å². The highest BCUT2D eigenvalue weighted by Crippen LogP contribution is 2.29. The van der Waals surface area contributed by atoms with Gasteiger partial charge in [0.15, 0.2) is 0 Å². The Kier molecular flexibility index (Phi) is 15.4. The number of halogens is 2. The molecule has 2 aliphatic heterocycles. The maximum atomic E-state index is 13.2. The molecule has 320 valence electrons. The fourth-order valence-electron chi connectivity index (χ4n) is 8.67. The van der Waals surface area contributed by atoms with E-state index in [0.717, 1.165) is 91.1 Å². The maximum absolute atomic E-state index is 13.2. The van der Waals surface area contributed by atoms with E-state index >= 15 is 0 Å². The van der Waals surface area contributed by atoms with Crippen molar-refractivity contribution in [3.8, 4) is 22.3 Å². The standard InChI is InChI=1S/C31H30ClN3O.C24H25ClN2/c32-30-14-8-7-13-29(30)26-17-15-25(16-18-26)22-34-19-20-35(31(36)33-27-11-5-2-6-12-27)28(23-34)21-24-9-3-1-4-10-24;25-24-9-5-4-8-23(24)21-12-10-20(11-13-21)17-27-15-14-26-22(18-27)16-19-6-2-1-3-7-19/h1-18,28H,19-23H2,(H,33,36);1-13,22,26H,14-18H2/t28-;22-/m11/s1. The van der Waals surface area contributed by atoms with Crippen molar-refractivity contribution in [2.45, 2.75) is 38.0 Å². The first-order chi connectivity index (χ1) is 30.9. The van der Waals surface area contributed by atoms with Crippen molar-refractivity contribution >= 4 is 34.9 Å². The molecule has 2 N–H and O–H groups in total. The van der Waals surface area contributed by atoms with Gasteiger partial charge in [0.05, 0.1) is 6.04 Å². The van der Waals surface area contributed by atoms with Crippen molar-refractivity contribution in [3.05, 3.63) is 220 Å². The van der Waals surface area contributed by atoms with Gasteiger partial charge in [0, 0.05) is 85.3 Å². The van der Waals surface area contributed by atoms with Crippen LogP contribution in [0.1, 0.15) is 22.3 Å². The molecule has 2 saturated heterocycles. The normalized spacial score (nSPS) is 16.8. The first-order valence-corrected chi connectivity index (χ1v) is 22.8. The third-order valence-electron chi connectivity index (χ3n) is 11.9. The Hall–Kier alpha value is -5.73. The van der Waals surface area contributed by atoms with Gasteiger partial charge in [-0.1, -0.05) is 187 Å². The van der Waals surface area contributed by atoms with Crippen LogP contribution in [0.25, 0.3) is 22.3 Å². The molecule has 2 heterocycles. The van der Waals surface area contributed by atoms with Crippen molar-refractivity contribution < 1.29 is 4.79 Å². The van der Waals surface area contributed by atoms with Crippen molar-refractivity contribution in [2.24, 2.45) is 0 Å². The molecule has 0 bridgehead atoms. The monoisotopic (exact) mass is 871 g/mol. The van der Waals surface area contributed by atoms with Gasteiger partial charge in [-0.15, -0.1) is 0 Å². The summed E-state index contributed by atoms with van der Waals surface area (Å²) in [7, 11) is 0. The Labute approximate surface area is 383 Å². The van der Waals surface area contributed by atoms with Crippen molar-refractivity contribution in [1.82, 2.24) is 20.0 Å². The first-order valence-electron chi connectivity index (χ1n) is 22.0. The molecule has 2 atom stereocenters. The third kappa shape index (κ3) is 12.5. The average molecular weight is 873 g/mol. The molecule has 2 aliphatic rings. The van der Waals surface area contributed by atoms with Gasteiger partial charge in [0.25, 0.3) is 0 Å². The molecule has 0 aromatic heterocycles. The number of benzene rings is 7. The summed E-state index contributed by atoms with van der Waals surface area (Å²) in [5.41, 5.74) is 10.5. The number of carbonyl (C=O) groups excluding carboxylic acids is 1. The number of nitrogens with one attached hydrogen (secondary N) is 2. The van der Waals surface area contributed by atoms with Gasteiger partial charge < -0.3 is 15.5 Å². The summed E-state index contributed by atoms with van der Waals surface area (Å²) in [5.74, 6) is 0. The van der Waals surface area contributed by atoms with Crippen LogP contribution in [0.15, 0.2) is 188 Å². The molecule has 2 fully saturated rings. The minimum atomic E-state index is -0.0362. The highest BCUT2D eigenvalue weighted by Gasteiger charge is 2.31. The number of rotatable bonds is 11. The van der Waals surface area contributed by atoms with E-state index in [1.165, 1.54) is 27.8 Å². The highest BCUT2D eigenvalue weighted by molar-refractivity contribution is 6.33. The van der Waals surface area contributed by atoms with Gasteiger partial charge in [-0.3, -0.25) is 9.80 Å². The number of urea groups is 1. The van der Waals surface area contributed by atoms with Crippen LogP contribution in [-0.4, -0.2) is 72.1 Å². The predicted molar refractivity (Wildman–Crippen MR) is 262 cm³/mol. The molecule has 0 aliphatic carbocycles. The molecule has 0 unspecified atom stereocenters. The zero-order valence-electron chi connectivity index (χ0n) is 35.6. The molecule has 9 rings (SSSR count). The molecule has 8 heteroatoms. The Morgan fingerprint density at radius 2 is 0.984 bits per heavy atom. The smallest absolute Gasteiger partial charge is 0.319 e. The zero-order valence-corrected chi connectivity index (χ0v) is 37.1. The second-order valence-electron chi connectivity index (χ2n) is 16.5. The van der Waals surface area contributed by atoms with Crippen LogP contribution in [0.3, 0.4) is 0 Å². The molecule has 0 spiro atoms. The van der Waals surface area contributed by atoms with E-state index in [-0.39, 0.29) is 12.1 Å². The molecule has 2 amide bonds. The molecule has 0 saturated carbocycles. The van der Waals surface area contributed by atoms with E-state index < -0.39 is 0 Å². The number of hydrogen-bond acceptors (Lipinski definition) is 4. The fraction of sp³-hybridized carbons (Fsp3) is 0.218. The molecular weight excluding hydrogens is 818 g/mol. The number of para-hydroxylation sites is 1. The number of amides is 2. The second-order valence-corrected chi connectivity index (χ2v) is 17.3. The van der Waals surface area contributed by atoms with Crippen molar-refractivity contribution in [2.75, 3.05) is 44.6 Å². The van der Waals surface area contributed by atoms with Crippen LogP contribution >= 0.6 is 23.2 Å². The van der Waals surface area contributed by atoms with E-state index in [2.05, 4.69) is 130 Å². The Balaban J connectivity index is 0.000000180. The lowest BCUT2D eigenvalue weighted by Gasteiger charge is -2.41. The number of nitrogens with zero attached hydrogens (tertiary/aromatic N) is 3. The van der Waals surface area contributed by atoms with Crippen molar-refractivity contribution in [1.29, 1.82) is 0 Å². The van der Waals surface area contributed by atoms with Crippen LogP contribution in [0, 0.1) is 0 Å². The van der Waals surface area contributed by atoms with Crippen LogP contribution in [0.5, 0.6) is 0 Å². The summed E-state index contributed by atoms with van der Waals surface area (Å²) < 4.78 is 0. The molecule has 63 heavy (non-hydrogen) atoms. The minimum absolute atomic E-state index is 0.0362. The minimum Gasteiger partial charge on any atom is -0.319 e. The zero-order chi connectivity index (χ0) is 43.2. The Morgan fingerprint density at radius 3 is 1.52 bits per heavy atom. The van der Waals surface area contributed by atoms with Crippen molar-refractivity contribution in [3.63, 3.8) is 0 Å². The maximum Gasteiger partial charge on any atom is 0.322 e. The SMILES string of the molecule is Clc1ccccc1-c1ccc(CN2CCN[C@H](Cc3ccccc3)C2)cc1.O=C(Nc1ccccc1)N1CCN(Cc2ccc(-c3ccccc3Cl)cc2)C[C@H]1Cc1ccccc1. The van der Waals surface area contributed by atoms with Crippen LogP contribution < -0.4 is 10.6 Å². The van der Waals surface area contributed by atoms with Gasteiger partial charge in [0.1, 0.15) is 0 Å². The Morgan fingerprint density at radius 1 is 0.508 bits per heavy atom. The lowest BCUT2D eigenvalue weighted by molar-refractivity contribution is 0.0958. The van der Waals surface area contributed by atoms with E-state index in [4.69, 9.17) is 23.2 Å². The highest BCUT2D eigenvalue weighted by atomic mass is 35.5. The third-order valence-corrected chi connectivity index (χ3v) is 12.6. The number of piperazine rings is 2. The summed E-state index contributed by atoms with van der Waals surface area (Å²) in [6.07, 6.45) is 1.91. The van der Waals surface area contributed by atoms with Crippen LogP contribution in [0.2, 0.25) is 10.0 Å². The summed E-state index contributed by atoms with van der Waals surface area (Å²) in [5, 5.41) is 8.30. The van der Waals surface area contributed by atoms with Gasteiger partial charge in [-0.25, -0.2) is 4.79 Å². The number of hydrogen-bond donors (Lipinski definition) is 2. The second kappa shape index (κ2) is 22.1. The van der Waals surface area contributed by atoms with Gasteiger partial charge in [-0.2, -0.15) is 0 Å². The summed E-state index contributed by atoms with van der Waals surface area (Å²) in [6.45, 7) is 7.42. The fourth-order valence-corrected chi connectivity index (χ4v) is 9.16. The predicted octanol–water partition coefficient (Wildman–Crippen LogP) is 12.0. The first kappa shape index (κ1) is 43.9. The van der Waals surface area contributed by atoms with Gasteiger partial charge in [-0.05, 0) is 70.5 Å². The number of carbonyl (C=O) groups is 1. The van der Waals surface area contributed by atoms with Crippen LogP contribution in [-0.2, 0) is 25.9 Å². The average Bonchev–Trinajstić information content (AvgIpc) is 3.31. The topological polar surface area (TPSA) is 50.9 Å². The lowest BCUT2D eigenvalue weighted by Crippen LogP contribution is -2.56. The summed E-state index contributed by atoms with van der Waals surface area (Å²) in [6, 6.07) is 64.8. The quantitative estimate of drug-likeness (QED) is 0.136. The van der Waals surface area contributed by atoms with E-state index in [9.17, 15) is 4.79 Å². The van der Waals surface area contributed by atoms with Gasteiger partial charge in [0.2, 0.25) is 0 Å². The molecule has 7 aromatic carbocycles. The molecule has 6 nitrogen and oxygen atoms in total. The molecule has 0 radical (unpaired) electrons. The van der Waals surface area contributed by atoms with Crippen LogP contribution in [0.4, 0.5) is 10.5 Å². The Bertz CT molecular complexity index is 2490. The molecular formula is C55H55Cl2N5O. The lowest BCUT2D eigenvalue weighted by atomic mass is 10.0.